The molecule has 2 amide bonds. The zero-order chi connectivity index (χ0) is 22.6. The zero-order valence-electron chi connectivity index (χ0n) is 17.3. The van der Waals surface area contributed by atoms with E-state index in [0.29, 0.717) is 0 Å². The lowest BCUT2D eigenvalue weighted by Gasteiger charge is -2.21. The van der Waals surface area contributed by atoms with E-state index in [9.17, 15) is 14.4 Å². The SMILES string of the molecule is O=C(CNC(=O)OCc1ccccc1)CN(Cc1ccccc1)C(=O)OCc1cncs1. The lowest BCUT2D eigenvalue weighted by atomic mass is 10.2. The van der Waals surface area contributed by atoms with Gasteiger partial charge in [0.15, 0.2) is 5.78 Å². The van der Waals surface area contributed by atoms with Crippen LogP contribution in [-0.4, -0.2) is 40.9 Å². The largest absolute Gasteiger partial charge is 0.445 e. The molecule has 0 radical (unpaired) electrons. The topological polar surface area (TPSA) is 97.8 Å². The van der Waals surface area contributed by atoms with Gasteiger partial charge in [0.2, 0.25) is 0 Å². The van der Waals surface area contributed by atoms with Crippen molar-refractivity contribution in [1.29, 1.82) is 0 Å². The Morgan fingerprint density at radius 2 is 1.59 bits per heavy atom. The van der Waals surface area contributed by atoms with Gasteiger partial charge in [-0.1, -0.05) is 60.7 Å². The van der Waals surface area contributed by atoms with E-state index in [4.69, 9.17) is 9.47 Å². The van der Waals surface area contributed by atoms with Gasteiger partial charge in [0.25, 0.3) is 0 Å². The van der Waals surface area contributed by atoms with Gasteiger partial charge in [0.1, 0.15) is 13.2 Å². The Kier molecular flexibility index (Phi) is 8.76. The Balaban J connectivity index is 1.50. The summed E-state index contributed by atoms with van der Waals surface area (Å²) < 4.78 is 10.4. The van der Waals surface area contributed by atoms with E-state index in [1.807, 2.05) is 60.7 Å². The van der Waals surface area contributed by atoms with Gasteiger partial charge in [-0.25, -0.2) is 9.59 Å². The van der Waals surface area contributed by atoms with Crippen LogP contribution in [0.3, 0.4) is 0 Å². The van der Waals surface area contributed by atoms with E-state index in [-0.39, 0.29) is 38.6 Å². The number of benzene rings is 2. The molecule has 2 aromatic carbocycles. The number of nitrogens with one attached hydrogen (secondary N) is 1. The number of Topliss-reactive ketones (excluding diaryl/α,β-unsaturated/α-hetero) is 1. The number of aromatic nitrogens is 1. The van der Waals surface area contributed by atoms with Gasteiger partial charge in [0.05, 0.1) is 23.5 Å². The highest BCUT2D eigenvalue weighted by Gasteiger charge is 2.20. The number of amides is 2. The molecule has 3 rings (SSSR count). The van der Waals surface area contributed by atoms with Gasteiger partial charge in [-0.15, -0.1) is 11.3 Å². The van der Waals surface area contributed by atoms with Crippen molar-refractivity contribution in [2.24, 2.45) is 0 Å². The molecule has 1 aromatic heterocycles. The first-order valence-corrected chi connectivity index (χ1v) is 10.8. The monoisotopic (exact) mass is 453 g/mol. The smallest absolute Gasteiger partial charge is 0.410 e. The van der Waals surface area contributed by atoms with Gasteiger partial charge in [0, 0.05) is 12.7 Å². The third-order valence-corrected chi connectivity index (χ3v) is 5.06. The molecule has 3 aromatic rings. The second-order valence-electron chi connectivity index (χ2n) is 6.82. The molecule has 166 valence electrons. The fraction of sp³-hybridized carbons (Fsp3) is 0.217. The van der Waals surface area contributed by atoms with Crippen molar-refractivity contribution in [3.05, 3.63) is 88.4 Å². The second-order valence-corrected chi connectivity index (χ2v) is 7.79. The molecular weight excluding hydrogens is 430 g/mol. The second kappa shape index (κ2) is 12.2. The predicted molar refractivity (Wildman–Crippen MR) is 119 cm³/mol. The molecule has 9 heteroatoms. The average Bonchev–Trinajstić information content (AvgIpc) is 3.34. The number of nitrogens with zero attached hydrogens (tertiary/aromatic N) is 2. The minimum absolute atomic E-state index is 0.0764. The molecule has 0 aliphatic heterocycles. The maximum Gasteiger partial charge on any atom is 0.410 e. The molecule has 0 saturated heterocycles. The van der Waals surface area contributed by atoms with Crippen LogP contribution in [0, 0.1) is 0 Å². The lowest BCUT2D eigenvalue weighted by Crippen LogP contribution is -2.40. The minimum atomic E-state index is -0.704. The Morgan fingerprint density at radius 3 is 2.25 bits per heavy atom. The van der Waals surface area contributed by atoms with E-state index in [1.54, 1.807) is 11.7 Å². The summed E-state index contributed by atoms with van der Waals surface area (Å²) in [5.41, 5.74) is 3.34. The summed E-state index contributed by atoms with van der Waals surface area (Å²) in [6, 6.07) is 18.5. The molecular formula is C23H23N3O5S. The first kappa shape index (κ1) is 23.0. The molecule has 0 unspecified atom stereocenters. The van der Waals surface area contributed by atoms with Crippen molar-refractivity contribution in [2.45, 2.75) is 19.8 Å². The zero-order valence-corrected chi connectivity index (χ0v) is 18.1. The van der Waals surface area contributed by atoms with Gasteiger partial charge in [-0.05, 0) is 11.1 Å². The first-order valence-electron chi connectivity index (χ1n) is 9.89. The number of hydrogen-bond donors (Lipinski definition) is 1. The van der Waals surface area contributed by atoms with Crippen LogP contribution >= 0.6 is 11.3 Å². The fourth-order valence-electron chi connectivity index (χ4n) is 2.74. The standard InChI is InChI=1S/C23H23N3O5S/c27-20(11-25-22(28)30-15-19-9-5-2-6-10-19)14-26(13-18-7-3-1-4-8-18)23(29)31-16-21-12-24-17-32-21/h1-10,12,17H,11,13-16H2,(H,25,28). The third kappa shape index (κ3) is 7.84. The van der Waals surface area contributed by atoms with Crippen molar-refractivity contribution >= 4 is 29.3 Å². The van der Waals surface area contributed by atoms with Crippen molar-refractivity contribution in [2.75, 3.05) is 13.1 Å². The van der Waals surface area contributed by atoms with Crippen LogP contribution < -0.4 is 5.32 Å². The molecule has 0 fully saturated rings. The Morgan fingerprint density at radius 1 is 0.906 bits per heavy atom. The normalized spacial score (nSPS) is 10.2. The number of rotatable bonds is 10. The highest BCUT2D eigenvalue weighted by molar-refractivity contribution is 7.09. The Hall–Kier alpha value is -3.72. The van der Waals surface area contributed by atoms with Crippen molar-refractivity contribution < 1.29 is 23.9 Å². The van der Waals surface area contributed by atoms with Crippen LogP contribution in [0.25, 0.3) is 0 Å². The van der Waals surface area contributed by atoms with Crippen molar-refractivity contribution in [3.8, 4) is 0 Å². The number of hydrogen-bond acceptors (Lipinski definition) is 7. The highest BCUT2D eigenvalue weighted by atomic mass is 32.1. The van der Waals surface area contributed by atoms with Crippen LogP contribution in [0.1, 0.15) is 16.0 Å². The van der Waals surface area contributed by atoms with Crippen LogP contribution in [-0.2, 0) is 34.0 Å². The number of ketones is 1. The average molecular weight is 454 g/mol. The van der Waals surface area contributed by atoms with E-state index in [2.05, 4.69) is 10.3 Å². The summed E-state index contributed by atoms with van der Waals surface area (Å²) in [5.74, 6) is -0.354. The van der Waals surface area contributed by atoms with Crippen LogP contribution in [0.15, 0.2) is 72.4 Å². The molecule has 1 heterocycles. The first-order chi connectivity index (χ1) is 15.6. The fourth-order valence-corrected chi connectivity index (χ4v) is 3.25. The molecule has 0 atom stereocenters. The van der Waals surface area contributed by atoms with Gasteiger partial charge in [-0.3, -0.25) is 14.7 Å². The molecule has 0 bridgehead atoms. The van der Waals surface area contributed by atoms with Gasteiger partial charge < -0.3 is 14.8 Å². The summed E-state index contributed by atoms with van der Waals surface area (Å²) in [7, 11) is 0. The van der Waals surface area contributed by atoms with E-state index in [0.717, 1.165) is 16.0 Å². The molecule has 0 saturated carbocycles. The Labute approximate surface area is 189 Å². The van der Waals surface area contributed by atoms with Gasteiger partial charge >= 0.3 is 12.2 Å². The summed E-state index contributed by atoms with van der Waals surface area (Å²) in [5, 5.41) is 2.42. The summed E-state index contributed by atoms with van der Waals surface area (Å²) in [6.45, 7) is -0.0963. The number of alkyl carbamates (subject to hydrolysis) is 1. The van der Waals surface area contributed by atoms with Crippen molar-refractivity contribution in [1.82, 2.24) is 15.2 Å². The number of carbonyl (C=O) groups is 3. The van der Waals surface area contributed by atoms with E-state index >= 15 is 0 Å². The molecule has 0 aliphatic rings. The molecule has 0 aliphatic carbocycles. The van der Waals surface area contributed by atoms with Crippen LogP contribution in [0.2, 0.25) is 0 Å². The predicted octanol–water partition coefficient (Wildman–Crippen LogP) is 3.78. The van der Waals surface area contributed by atoms with Crippen LogP contribution in [0.5, 0.6) is 0 Å². The number of thiazole rings is 1. The quantitative estimate of drug-likeness (QED) is 0.502. The van der Waals surface area contributed by atoms with Crippen molar-refractivity contribution in [3.63, 3.8) is 0 Å². The lowest BCUT2D eigenvalue weighted by molar-refractivity contribution is -0.119. The third-order valence-electron chi connectivity index (χ3n) is 4.31. The highest BCUT2D eigenvalue weighted by Crippen LogP contribution is 2.11. The Bertz CT molecular complexity index is 997. The van der Waals surface area contributed by atoms with E-state index < -0.39 is 12.2 Å². The molecule has 32 heavy (non-hydrogen) atoms. The molecule has 8 nitrogen and oxygen atoms in total. The molecule has 1 N–H and O–H groups in total. The number of ether oxygens (including phenoxy) is 2. The summed E-state index contributed by atoms with van der Waals surface area (Å²) in [6.07, 6.45) is 0.294. The maximum atomic E-state index is 12.6. The summed E-state index contributed by atoms with van der Waals surface area (Å²) in [4.78, 5) is 42.9. The maximum absolute atomic E-state index is 12.6. The number of carbonyl (C=O) groups excluding carboxylic acids is 3. The van der Waals surface area contributed by atoms with E-state index in [1.165, 1.54) is 16.2 Å². The molecule has 0 spiro atoms. The summed E-state index contributed by atoms with van der Waals surface area (Å²) >= 11 is 1.37. The minimum Gasteiger partial charge on any atom is -0.445 e. The van der Waals surface area contributed by atoms with Gasteiger partial charge in [-0.2, -0.15) is 0 Å². The van der Waals surface area contributed by atoms with Crippen LogP contribution in [0.4, 0.5) is 9.59 Å².